The summed E-state index contributed by atoms with van der Waals surface area (Å²) in [7, 11) is 1.74. The smallest absolute Gasteiger partial charge is 0.274 e. The van der Waals surface area contributed by atoms with Gasteiger partial charge in [-0.05, 0) is 32.0 Å². The molecule has 9 heteroatoms. The summed E-state index contributed by atoms with van der Waals surface area (Å²) in [5, 5.41) is 9.43. The number of carbonyl (C=O) groups excluding carboxylic acids is 1. The lowest BCUT2D eigenvalue weighted by Crippen LogP contribution is -2.27. The molecule has 0 spiro atoms. The molecule has 3 aromatic rings. The van der Waals surface area contributed by atoms with E-state index in [1.165, 1.54) is 4.68 Å². The van der Waals surface area contributed by atoms with Crippen molar-refractivity contribution in [3.05, 3.63) is 63.7 Å². The monoisotopic (exact) mass is 421 g/mol. The highest BCUT2D eigenvalue weighted by atomic mass is 35.5. The van der Waals surface area contributed by atoms with Crippen molar-refractivity contribution in [2.24, 2.45) is 0 Å². The van der Waals surface area contributed by atoms with Crippen LogP contribution in [0.5, 0.6) is 5.75 Å². The molecule has 0 aliphatic carbocycles. The second kappa shape index (κ2) is 8.67. The van der Waals surface area contributed by atoms with E-state index in [-0.39, 0.29) is 12.6 Å². The zero-order valence-electron chi connectivity index (χ0n) is 15.9. The third-order valence-electron chi connectivity index (χ3n) is 4.38. The Balaban J connectivity index is 1.64. The first-order valence-corrected chi connectivity index (χ1v) is 9.53. The summed E-state index contributed by atoms with van der Waals surface area (Å²) in [5.41, 5.74) is 2.39. The number of benzene rings is 1. The van der Waals surface area contributed by atoms with E-state index in [9.17, 15) is 4.79 Å². The minimum atomic E-state index is -0.182. The Kier molecular flexibility index (Phi) is 6.26. The van der Waals surface area contributed by atoms with E-state index < -0.39 is 0 Å². The number of ether oxygens (including phenoxy) is 1. The summed E-state index contributed by atoms with van der Waals surface area (Å²) >= 11 is 12.2. The molecule has 1 aromatic carbocycles. The Morgan fingerprint density at radius 2 is 1.96 bits per heavy atom. The second-order valence-corrected chi connectivity index (χ2v) is 7.11. The van der Waals surface area contributed by atoms with Crippen LogP contribution in [0.2, 0.25) is 10.0 Å². The summed E-state index contributed by atoms with van der Waals surface area (Å²) in [6.07, 6.45) is 3.47. The van der Waals surface area contributed by atoms with Gasteiger partial charge >= 0.3 is 0 Å². The van der Waals surface area contributed by atoms with Gasteiger partial charge in [0.05, 0.1) is 16.2 Å². The van der Waals surface area contributed by atoms with Crippen LogP contribution in [-0.4, -0.2) is 37.4 Å². The highest BCUT2D eigenvalue weighted by Crippen LogP contribution is 2.32. The van der Waals surface area contributed by atoms with Crippen molar-refractivity contribution in [3.8, 4) is 5.75 Å². The predicted octanol–water partition coefficient (Wildman–Crippen LogP) is 4.02. The van der Waals surface area contributed by atoms with E-state index >= 15 is 0 Å². The van der Waals surface area contributed by atoms with Crippen LogP contribution >= 0.6 is 23.2 Å². The van der Waals surface area contributed by atoms with Crippen molar-refractivity contribution in [1.82, 2.24) is 24.5 Å². The molecule has 0 N–H and O–H groups in total. The van der Waals surface area contributed by atoms with E-state index in [0.717, 1.165) is 17.8 Å². The summed E-state index contributed by atoms with van der Waals surface area (Å²) in [6.45, 7) is 5.37. The normalized spacial score (nSPS) is 10.9. The van der Waals surface area contributed by atoms with Crippen molar-refractivity contribution in [3.63, 3.8) is 0 Å². The summed E-state index contributed by atoms with van der Waals surface area (Å²) in [4.78, 5) is 14.3. The molecule has 0 saturated heterocycles. The number of halogens is 2. The largest absolute Gasteiger partial charge is 0.468 e. The van der Waals surface area contributed by atoms with E-state index in [4.69, 9.17) is 27.9 Å². The predicted molar refractivity (Wildman–Crippen MR) is 108 cm³/mol. The van der Waals surface area contributed by atoms with Gasteiger partial charge in [0.2, 0.25) is 0 Å². The zero-order chi connectivity index (χ0) is 20.3. The van der Waals surface area contributed by atoms with Gasteiger partial charge in [-0.3, -0.25) is 9.48 Å². The molecule has 7 nitrogen and oxygen atoms in total. The molecule has 3 rings (SSSR count). The third-order valence-corrected chi connectivity index (χ3v) is 4.97. The first-order valence-electron chi connectivity index (χ1n) is 8.77. The quantitative estimate of drug-likeness (QED) is 0.577. The fourth-order valence-electron chi connectivity index (χ4n) is 2.78. The van der Waals surface area contributed by atoms with Gasteiger partial charge in [0.25, 0.3) is 5.91 Å². The minimum Gasteiger partial charge on any atom is -0.468 e. The SMILES string of the molecule is CCn1ncc(CN(C)C(=O)c2ccn(COc3c(Cl)cccc3Cl)n2)c1C. The lowest BCUT2D eigenvalue weighted by atomic mass is 10.2. The van der Waals surface area contributed by atoms with Crippen LogP contribution in [0.3, 0.4) is 0 Å². The maximum absolute atomic E-state index is 12.7. The molecule has 0 bridgehead atoms. The molecule has 148 valence electrons. The average molecular weight is 422 g/mol. The standard InChI is InChI=1S/C19H21Cl2N5O2/c1-4-26-13(2)14(10-22-26)11-24(3)19(27)17-8-9-25(23-17)12-28-18-15(20)6-5-7-16(18)21/h5-10H,4,11-12H2,1-3H3. The average Bonchev–Trinajstić information content (AvgIpc) is 3.28. The summed E-state index contributed by atoms with van der Waals surface area (Å²) in [5.74, 6) is 0.202. The second-order valence-electron chi connectivity index (χ2n) is 6.30. The van der Waals surface area contributed by atoms with Crippen molar-refractivity contribution in [2.75, 3.05) is 7.05 Å². The summed E-state index contributed by atoms with van der Waals surface area (Å²) in [6, 6.07) is 6.78. The fourth-order valence-corrected chi connectivity index (χ4v) is 3.29. The third kappa shape index (κ3) is 4.31. The molecular formula is C19H21Cl2N5O2. The van der Waals surface area contributed by atoms with Gasteiger partial charge in [0.1, 0.15) is 0 Å². The van der Waals surface area contributed by atoms with Gasteiger partial charge < -0.3 is 9.64 Å². The first-order chi connectivity index (χ1) is 13.4. The zero-order valence-corrected chi connectivity index (χ0v) is 17.4. The van der Waals surface area contributed by atoms with Crippen molar-refractivity contribution in [1.29, 1.82) is 0 Å². The molecular weight excluding hydrogens is 401 g/mol. The van der Waals surface area contributed by atoms with E-state index in [0.29, 0.717) is 28.0 Å². The number of aromatic nitrogens is 4. The molecule has 2 aromatic heterocycles. The fraction of sp³-hybridized carbons (Fsp3) is 0.316. The van der Waals surface area contributed by atoms with Crippen molar-refractivity contribution >= 4 is 29.1 Å². The molecule has 0 aliphatic rings. The van der Waals surface area contributed by atoms with Gasteiger partial charge in [-0.2, -0.15) is 10.2 Å². The lowest BCUT2D eigenvalue weighted by molar-refractivity contribution is 0.0777. The molecule has 0 aliphatic heterocycles. The Morgan fingerprint density at radius 1 is 1.25 bits per heavy atom. The molecule has 0 saturated carbocycles. The van der Waals surface area contributed by atoms with Crippen LogP contribution in [0.1, 0.15) is 28.7 Å². The van der Waals surface area contributed by atoms with Crippen molar-refractivity contribution < 1.29 is 9.53 Å². The van der Waals surface area contributed by atoms with Gasteiger partial charge in [-0.1, -0.05) is 29.3 Å². The number of para-hydroxylation sites is 1. The molecule has 0 fully saturated rings. The molecule has 28 heavy (non-hydrogen) atoms. The Morgan fingerprint density at radius 3 is 2.61 bits per heavy atom. The Bertz CT molecular complexity index is 962. The highest BCUT2D eigenvalue weighted by molar-refractivity contribution is 6.37. The molecule has 2 heterocycles. The van der Waals surface area contributed by atoms with Gasteiger partial charge in [0, 0.05) is 37.6 Å². The molecule has 1 amide bonds. The Labute approximate surface area is 173 Å². The van der Waals surface area contributed by atoms with Gasteiger partial charge in [0.15, 0.2) is 18.2 Å². The maximum Gasteiger partial charge on any atom is 0.274 e. The van der Waals surface area contributed by atoms with Gasteiger partial charge in [-0.15, -0.1) is 0 Å². The number of hydrogen-bond acceptors (Lipinski definition) is 4. The van der Waals surface area contributed by atoms with E-state index in [1.807, 2.05) is 18.5 Å². The summed E-state index contributed by atoms with van der Waals surface area (Å²) < 4.78 is 9.05. The molecule has 0 unspecified atom stereocenters. The molecule has 0 atom stereocenters. The van der Waals surface area contributed by atoms with Crippen molar-refractivity contribution in [2.45, 2.75) is 33.7 Å². The lowest BCUT2D eigenvalue weighted by Gasteiger charge is -2.15. The highest BCUT2D eigenvalue weighted by Gasteiger charge is 2.17. The van der Waals surface area contributed by atoms with Gasteiger partial charge in [-0.25, -0.2) is 4.68 Å². The number of rotatable bonds is 7. The number of carbonyl (C=O) groups is 1. The number of nitrogens with zero attached hydrogens (tertiary/aromatic N) is 5. The number of aryl methyl sites for hydroxylation is 1. The van der Waals surface area contributed by atoms with Crippen LogP contribution < -0.4 is 4.74 Å². The van der Waals surface area contributed by atoms with Crippen LogP contribution in [-0.2, 0) is 19.8 Å². The van der Waals surface area contributed by atoms with E-state index in [1.54, 1.807) is 48.6 Å². The van der Waals surface area contributed by atoms with Crippen LogP contribution in [0, 0.1) is 6.92 Å². The Hall–Kier alpha value is -2.51. The first kappa shape index (κ1) is 20.2. The number of amides is 1. The topological polar surface area (TPSA) is 65.2 Å². The minimum absolute atomic E-state index is 0.0861. The maximum atomic E-state index is 12.7. The van der Waals surface area contributed by atoms with Crippen LogP contribution in [0.25, 0.3) is 0 Å². The van der Waals surface area contributed by atoms with Crippen LogP contribution in [0.4, 0.5) is 0 Å². The number of hydrogen-bond donors (Lipinski definition) is 0. The molecule has 0 radical (unpaired) electrons. The van der Waals surface area contributed by atoms with E-state index in [2.05, 4.69) is 10.2 Å². The van der Waals surface area contributed by atoms with Crippen LogP contribution in [0.15, 0.2) is 36.7 Å².